The maximum Gasteiger partial charge on any atom is 0.0433 e. The van der Waals surface area contributed by atoms with Gasteiger partial charge in [-0.15, -0.1) is 0 Å². The molecule has 0 aromatic carbocycles. The quantitative estimate of drug-likeness (QED) is 0.738. The van der Waals surface area contributed by atoms with E-state index in [1.165, 1.54) is 11.3 Å². The largest absolute Gasteiger partial charge is 0.328 e. The Hall–Kier alpha value is -0.890. The predicted molar refractivity (Wildman–Crippen MR) is 50.9 cm³/mol. The van der Waals surface area contributed by atoms with Crippen molar-refractivity contribution in [2.24, 2.45) is 5.73 Å². The first-order valence-corrected chi connectivity index (χ1v) is 4.36. The monoisotopic (exact) mass is 164 g/mol. The van der Waals surface area contributed by atoms with Gasteiger partial charge >= 0.3 is 0 Å². The Kier molecular flexibility index (Phi) is 3.23. The Labute approximate surface area is 73.8 Å². The first-order valence-electron chi connectivity index (χ1n) is 4.36. The number of aryl methyl sites for hydroxylation is 2. The van der Waals surface area contributed by atoms with Gasteiger partial charge in [-0.05, 0) is 38.3 Å². The summed E-state index contributed by atoms with van der Waals surface area (Å²) in [5.41, 5.74) is 8.10. The second-order valence-electron chi connectivity index (χ2n) is 3.28. The number of hydrogen-bond acceptors (Lipinski definition) is 2. The second-order valence-corrected chi connectivity index (χ2v) is 3.28. The SMILES string of the molecule is Cc1cccnc1CC[C@H](C)N. The minimum atomic E-state index is 0.270. The van der Waals surface area contributed by atoms with E-state index in [-0.39, 0.29) is 6.04 Å². The summed E-state index contributed by atoms with van der Waals surface area (Å²) in [5.74, 6) is 0. The zero-order chi connectivity index (χ0) is 8.97. The molecule has 0 saturated heterocycles. The fourth-order valence-electron chi connectivity index (χ4n) is 1.14. The van der Waals surface area contributed by atoms with Crippen LogP contribution in [0.5, 0.6) is 0 Å². The molecule has 2 heteroatoms. The van der Waals surface area contributed by atoms with Crippen LogP contribution in [0.15, 0.2) is 18.3 Å². The standard InChI is InChI=1S/C10H16N2/c1-8-4-3-7-12-10(8)6-5-9(2)11/h3-4,7,9H,5-6,11H2,1-2H3/t9-/m0/s1. The van der Waals surface area contributed by atoms with Crippen LogP contribution in [-0.2, 0) is 6.42 Å². The molecular weight excluding hydrogens is 148 g/mol. The summed E-state index contributed by atoms with van der Waals surface area (Å²) in [6.45, 7) is 4.11. The highest BCUT2D eigenvalue weighted by molar-refractivity contribution is 5.17. The van der Waals surface area contributed by atoms with E-state index in [0.717, 1.165) is 12.8 Å². The van der Waals surface area contributed by atoms with E-state index in [4.69, 9.17) is 5.73 Å². The summed E-state index contributed by atoms with van der Waals surface area (Å²) in [6.07, 6.45) is 3.84. The van der Waals surface area contributed by atoms with E-state index in [0.29, 0.717) is 0 Å². The van der Waals surface area contributed by atoms with Crippen LogP contribution in [0.3, 0.4) is 0 Å². The molecule has 2 nitrogen and oxygen atoms in total. The van der Waals surface area contributed by atoms with Crippen LogP contribution in [0, 0.1) is 6.92 Å². The molecule has 1 aromatic rings. The molecule has 0 aliphatic heterocycles. The van der Waals surface area contributed by atoms with Crippen LogP contribution in [0.25, 0.3) is 0 Å². The minimum Gasteiger partial charge on any atom is -0.328 e. The van der Waals surface area contributed by atoms with Gasteiger partial charge in [0.15, 0.2) is 0 Å². The van der Waals surface area contributed by atoms with E-state index in [9.17, 15) is 0 Å². The van der Waals surface area contributed by atoms with Crippen molar-refractivity contribution >= 4 is 0 Å². The van der Waals surface area contributed by atoms with Gasteiger partial charge in [0, 0.05) is 17.9 Å². The number of nitrogens with two attached hydrogens (primary N) is 1. The van der Waals surface area contributed by atoms with Crippen molar-refractivity contribution in [3.63, 3.8) is 0 Å². The van der Waals surface area contributed by atoms with E-state index >= 15 is 0 Å². The highest BCUT2D eigenvalue weighted by Crippen LogP contribution is 2.06. The van der Waals surface area contributed by atoms with Gasteiger partial charge in [-0.1, -0.05) is 6.07 Å². The molecule has 1 aromatic heterocycles. The highest BCUT2D eigenvalue weighted by Gasteiger charge is 2.00. The number of hydrogen-bond donors (Lipinski definition) is 1. The van der Waals surface area contributed by atoms with Crippen LogP contribution in [-0.4, -0.2) is 11.0 Å². The molecule has 1 heterocycles. The van der Waals surface area contributed by atoms with Crippen molar-refractivity contribution in [3.8, 4) is 0 Å². The average Bonchev–Trinajstić information content (AvgIpc) is 2.03. The van der Waals surface area contributed by atoms with Crippen LogP contribution < -0.4 is 5.73 Å². The van der Waals surface area contributed by atoms with Crippen molar-refractivity contribution in [1.29, 1.82) is 0 Å². The molecule has 0 amide bonds. The predicted octanol–water partition coefficient (Wildman–Crippen LogP) is 1.67. The van der Waals surface area contributed by atoms with Gasteiger partial charge in [0.1, 0.15) is 0 Å². The molecular formula is C10H16N2. The lowest BCUT2D eigenvalue weighted by molar-refractivity contribution is 0.656. The molecule has 0 saturated carbocycles. The molecule has 0 aliphatic rings. The van der Waals surface area contributed by atoms with Gasteiger partial charge < -0.3 is 5.73 Å². The first kappa shape index (κ1) is 9.20. The van der Waals surface area contributed by atoms with Crippen molar-refractivity contribution < 1.29 is 0 Å². The summed E-state index contributed by atoms with van der Waals surface area (Å²) in [7, 11) is 0. The molecule has 0 bridgehead atoms. The molecule has 0 fully saturated rings. The van der Waals surface area contributed by atoms with E-state index in [1.54, 1.807) is 0 Å². The normalized spacial score (nSPS) is 12.9. The van der Waals surface area contributed by atoms with Crippen molar-refractivity contribution in [3.05, 3.63) is 29.6 Å². The Morgan fingerprint density at radius 2 is 2.33 bits per heavy atom. The minimum absolute atomic E-state index is 0.270. The van der Waals surface area contributed by atoms with Crippen LogP contribution in [0.4, 0.5) is 0 Å². The highest BCUT2D eigenvalue weighted by atomic mass is 14.7. The lowest BCUT2D eigenvalue weighted by atomic mass is 10.1. The topological polar surface area (TPSA) is 38.9 Å². The van der Waals surface area contributed by atoms with E-state index < -0.39 is 0 Å². The number of pyridine rings is 1. The molecule has 1 atom stereocenters. The van der Waals surface area contributed by atoms with Crippen LogP contribution in [0.2, 0.25) is 0 Å². The third-order valence-corrected chi connectivity index (χ3v) is 1.95. The molecule has 0 aliphatic carbocycles. The van der Waals surface area contributed by atoms with E-state index in [1.807, 2.05) is 19.2 Å². The van der Waals surface area contributed by atoms with Gasteiger partial charge in [-0.2, -0.15) is 0 Å². The zero-order valence-electron chi connectivity index (χ0n) is 7.75. The van der Waals surface area contributed by atoms with Crippen molar-refractivity contribution in [2.45, 2.75) is 32.7 Å². The Morgan fingerprint density at radius 3 is 2.92 bits per heavy atom. The summed E-state index contributed by atoms with van der Waals surface area (Å²) in [4.78, 5) is 4.29. The smallest absolute Gasteiger partial charge is 0.0433 e. The van der Waals surface area contributed by atoms with E-state index in [2.05, 4.69) is 18.0 Å². The molecule has 0 spiro atoms. The summed E-state index contributed by atoms with van der Waals surface area (Å²) in [6, 6.07) is 4.32. The number of aromatic nitrogens is 1. The maximum absolute atomic E-state index is 5.66. The Bertz CT molecular complexity index is 243. The molecule has 66 valence electrons. The van der Waals surface area contributed by atoms with Gasteiger partial charge in [0.05, 0.1) is 0 Å². The first-order chi connectivity index (χ1) is 5.70. The van der Waals surface area contributed by atoms with Gasteiger partial charge in [-0.3, -0.25) is 4.98 Å². The molecule has 12 heavy (non-hydrogen) atoms. The molecule has 1 rings (SSSR count). The van der Waals surface area contributed by atoms with Crippen LogP contribution >= 0.6 is 0 Å². The Balaban J connectivity index is 2.57. The molecule has 0 radical (unpaired) electrons. The fourth-order valence-corrected chi connectivity index (χ4v) is 1.14. The van der Waals surface area contributed by atoms with Gasteiger partial charge in [-0.25, -0.2) is 0 Å². The number of rotatable bonds is 3. The van der Waals surface area contributed by atoms with Crippen molar-refractivity contribution in [1.82, 2.24) is 4.98 Å². The molecule has 0 unspecified atom stereocenters. The fraction of sp³-hybridized carbons (Fsp3) is 0.500. The summed E-state index contributed by atoms with van der Waals surface area (Å²) in [5, 5.41) is 0. The molecule has 2 N–H and O–H groups in total. The Morgan fingerprint density at radius 1 is 1.58 bits per heavy atom. The third kappa shape index (κ3) is 2.62. The zero-order valence-corrected chi connectivity index (χ0v) is 7.75. The number of nitrogens with zero attached hydrogens (tertiary/aromatic N) is 1. The average molecular weight is 164 g/mol. The lowest BCUT2D eigenvalue weighted by Gasteiger charge is -2.05. The van der Waals surface area contributed by atoms with Gasteiger partial charge in [0.2, 0.25) is 0 Å². The van der Waals surface area contributed by atoms with Crippen LogP contribution in [0.1, 0.15) is 24.6 Å². The van der Waals surface area contributed by atoms with Gasteiger partial charge in [0.25, 0.3) is 0 Å². The third-order valence-electron chi connectivity index (χ3n) is 1.95. The second kappa shape index (κ2) is 4.21. The maximum atomic E-state index is 5.66. The van der Waals surface area contributed by atoms with Crippen molar-refractivity contribution in [2.75, 3.05) is 0 Å². The lowest BCUT2D eigenvalue weighted by Crippen LogP contribution is -2.15. The summed E-state index contributed by atoms with van der Waals surface area (Å²) < 4.78 is 0. The summed E-state index contributed by atoms with van der Waals surface area (Å²) >= 11 is 0.